The average molecular weight is 430 g/mol. The van der Waals surface area contributed by atoms with Crippen molar-refractivity contribution in [1.82, 2.24) is 15.1 Å². The van der Waals surface area contributed by atoms with Gasteiger partial charge >= 0.3 is 0 Å². The zero-order valence-corrected chi connectivity index (χ0v) is 17.2. The molecule has 2 rings (SSSR count). The van der Waals surface area contributed by atoms with Gasteiger partial charge in [-0.3, -0.25) is 4.99 Å². The molecule has 1 unspecified atom stereocenters. The van der Waals surface area contributed by atoms with Crippen molar-refractivity contribution >= 4 is 29.9 Å². The molecule has 0 amide bonds. The largest absolute Gasteiger partial charge is 0.356 e. The Morgan fingerprint density at radius 3 is 2.65 bits per heavy atom. The van der Waals surface area contributed by atoms with Crippen LogP contribution >= 0.6 is 24.0 Å². The highest BCUT2D eigenvalue weighted by Gasteiger charge is 2.17. The number of halogens is 1. The summed E-state index contributed by atoms with van der Waals surface area (Å²) in [5, 5.41) is 3.54. The van der Waals surface area contributed by atoms with E-state index in [1.807, 2.05) is 7.05 Å². The molecule has 1 aromatic carbocycles. The standard InChI is InChI=1S/C18H30N4.HI/c1-15-7-9-16(10-8-15)14-22(4)18(19-2)20-12-17-6-5-11-21(3)13-17;/h7-10,17H,5-6,11-14H2,1-4H3,(H,19,20);1H. The number of rotatable bonds is 4. The number of piperidine rings is 1. The molecule has 130 valence electrons. The lowest BCUT2D eigenvalue weighted by atomic mass is 9.98. The molecule has 1 aliphatic rings. The van der Waals surface area contributed by atoms with Crippen LogP contribution in [0.2, 0.25) is 0 Å². The molecule has 23 heavy (non-hydrogen) atoms. The fraction of sp³-hybridized carbons (Fsp3) is 0.611. The molecule has 1 aliphatic heterocycles. The minimum Gasteiger partial charge on any atom is -0.356 e. The number of guanidine groups is 1. The van der Waals surface area contributed by atoms with Crippen LogP contribution < -0.4 is 5.32 Å². The van der Waals surface area contributed by atoms with Crippen molar-refractivity contribution in [3.63, 3.8) is 0 Å². The average Bonchev–Trinajstić information content (AvgIpc) is 2.50. The van der Waals surface area contributed by atoms with Gasteiger partial charge in [-0.15, -0.1) is 24.0 Å². The summed E-state index contributed by atoms with van der Waals surface area (Å²) in [6.07, 6.45) is 2.62. The van der Waals surface area contributed by atoms with Crippen LogP contribution in [-0.4, -0.2) is 56.5 Å². The molecule has 1 aromatic rings. The third-order valence-corrected chi connectivity index (χ3v) is 4.38. The first kappa shape index (κ1) is 20.2. The smallest absolute Gasteiger partial charge is 0.193 e. The molecule has 1 atom stereocenters. The van der Waals surface area contributed by atoms with E-state index < -0.39 is 0 Å². The highest BCUT2D eigenvalue weighted by molar-refractivity contribution is 14.0. The summed E-state index contributed by atoms with van der Waals surface area (Å²) >= 11 is 0. The maximum Gasteiger partial charge on any atom is 0.193 e. The molecule has 0 aromatic heterocycles. The summed E-state index contributed by atoms with van der Waals surface area (Å²) in [5.41, 5.74) is 2.61. The Hall–Kier alpha value is -0.820. The second-order valence-electron chi connectivity index (χ2n) is 6.54. The van der Waals surface area contributed by atoms with Crippen molar-refractivity contribution in [2.45, 2.75) is 26.3 Å². The van der Waals surface area contributed by atoms with Crippen molar-refractivity contribution in [2.24, 2.45) is 10.9 Å². The number of nitrogens with one attached hydrogen (secondary N) is 1. The number of hydrogen-bond donors (Lipinski definition) is 1. The summed E-state index contributed by atoms with van der Waals surface area (Å²) in [4.78, 5) is 9.04. The van der Waals surface area contributed by atoms with E-state index in [1.165, 1.54) is 37.1 Å². The molecule has 1 saturated heterocycles. The third-order valence-electron chi connectivity index (χ3n) is 4.38. The lowest BCUT2D eigenvalue weighted by Crippen LogP contribution is -2.44. The number of nitrogens with zero attached hydrogens (tertiary/aromatic N) is 3. The highest BCUT2D eigenvalue weighted by atomic mass is 127. The SMILES string of the molecule is CN=C(NCC1CCCN(C)C1)N(C)Cc1ccc(C)cc1.I. The van der Waals surface area contributed by atoms with Crippen LogP contribution in [0.5, 0.6) is 0 Å². The van der Waals surface area contributed by atoms with Gasteiger partial charge in [0.1, 0.15) is 0 Å². The maximum atomic E-state index is 4.42. The number of benzene rings is 1. The fourth-order valence-corrected chi connectivity index (χ4v) is 3.10. The minimum absolute atomic E-state index is 0. The van der Waals surface area contributed by atoms with Gasteiger partial charge < -0.3 is 15.1 Å². The van der Waals surface area contributed by atoms with Gasteiger partial charge in [0.25, 0.3) is 0 Å². The van der Waals surface area contributed by atoms with E-state index in [2.05, 4.69) is 65.4 Å². The van der Waals surface area contributed by atoms with Gasteiger partial charge in [0.2, 0.25) is 0 Å². The van der Waals surface area contributed by atoms with Crippen molar-refractivity contribution in [3.05, 3.63) is 35.4 Å². The van der Waals surface area contributed by atoms with Crippen molar-refractivity contribution < 1.29 is 0 Å². The molecule has 5 heteroatoms. The third kappa shape index (κ3) is 6.67. The quantitative estimate of drug-likeness (QED) is 0.453. The first-order valence-corrected chi connectivity index (χ1v) is 8.24. The van der Waals surface area contributed by atoms with Crippen molar-refractivity contribution in [2.75, 3.05) is 40.8 Å². The van der Waals surface area contributed by atoms with E-state index in [0.29, 0.717) is 0 Å². The summed E-state index contributed by atoms with van der Waals surface area (Å²) in [7, 11) is 6.17. The second-order valence-corrected chi connectivity index (χ2v) is 6.54. The lowest BCUT2D eigenvalue weighted by Gasteiger charge is -2.31. The van der Waals surface area contributed by atoms with Crippen LogP contribution in [0.25, 0.3) is 0 Å². The molecule has 1 N–H and O–H groups in total. The molecule has 1 heterocycles. The summed E-state index contributed by atoms with van der Waals surface area (Å²) in [6.45, 7) is 6.43. The first-order chi connectivity index (χ1) is 10.6. The van der Waals surface area contributed by atoms with Crippen LogP contribution in [0.3, 0.4) is 0 Å². The molecule has 4 nitrogen and oxygen atoms in total. The van der Waals surface area contributed by atoms with Crippen molar-refractivity contribution in [1.29, 1.82) is 0 Å². The monoisotopic (exact) mass is 430 g/mol. The number of hydrogen-bond acceptors (Lipinski definition) is 2. The molecule has 0 saturated carbocycles. The van der Waals surface area contributed by atoms with Gasteiger partial charge in [0, 0.05) is 33.7 Å². The molecule has 0 radical (unpaired) electrons. The molecule has 1 fully saturated rings. The van der Waals surface area contributed by atoms with Gasteiger partial charge in [-0.2, -0.15) is 0 Å². The molecular formula is C18H31IN4. The molecule has 0 bridgehead atoms. The fourth-order valence-electron chi connectivity index (χ4n) is 3.10. The van der Waals surface area contributed by atoms with E-state index in [4.69, 9.17) is 0 Å². The zero-order chi connectivity index (χ0) is 15.9. The predicted octanol–water partition coefficient (Wildman–Crippen LogP) is 2.96. The summed E-state index contributed by atoms with van der Waals surface area (Å²) in [5.74, 6) is 1.71. The van der Waals surface area contributed by atoms with Crippen LogP contribution in [0.4, 0.5) is 0 Å². The maximum absolute atomic E-state index is 4.42. The zero-order valence-electron chi connectivity index (χ0n) is 14.9. The lowest BCUT2D eigenvalue weighted by molar-refractivity contribution is 0.209. The highest BCUT2D eigenvalue weighted by Crippen LogP contribution is 2.14. The molecule has 0 spiro atoms. The molecular weight excluding hydrogens is 399 g/mol. The van der Waals surface area contributed by atoms with E-state index >= 15 is 0 Å². The topological polar surface area (TPSA) is 30.9 Å². The van der Waals surface area contributed by atoms with Crippen LogP contribution in [0.15, 0.2) is 29.3 Å². The van der Waals surface area contributed by atoms with E-state index in [-0.39, 0.29) is 24.0 Å². The number of likely N-dealkylation sites (tertiary alicyclic amines) is 1. The molecule has 0 aliphatic carbocycles. The van der Waals surface area contributed by atoms with Gasteiger partial charge in [0.15, 0.2) is 5.96 Å². The van der Waals surface area contributed by atoms with Crippen LogP contribution in [0, 0.1) is 12.8 Å². The second kappa shape index (κ2) is 10.1. The van der Waals surface area contributed by atoms with E-state index in [1.54, 1.807) is 0 Å². The Balaban J connectivity index is 0.00000264. The minimum atomic E-state index is 0. The van der Waals surface area contributed by atoms with E-state index in [0.717, 1.165) is 25.0 Å². The summed E-state index contributed by atoms with van der Waals surface area (Å²) < 4.78 is 0. The Labute approximate surface area is 158 Å². The Bertz CT molecular complexity index is 486. The van der Waals surface area contributed by atoms with Gasteiger partial charge in [0.05, 0.1) is 0 Å². The first-order valence-electron chi connectivity index (χ1n) is 8.24. The van der Waals surface area contributed by atoms with Crippen LogP contribution in [-0.2, 0) is 6.54 Å². The van der Waals surface area contributed by atoms with Gasteiger partial charge in [-0.1, -0.05) is 29.8 Å². The Kier molecular flexibility index (Phi) is 8.91. The number of aliphatic imine (C=N–C) groups is 1. The van der Waals surface area contributed by atoms with Crippen LogP contribution in [0.1, 0.15) is 24.0 Å². The predicted molar refractivity (Wildman–Crippen MR) is 110 cm³/mol. The number of aryl methyl sites for hydroxylation is 1. The normalized spacial score (nSPS) is 19.1. The summed E-state index contributed by atoms with van der Waals surface area (Å²) in [6, 6.07) is 8.71. The van der Waals surface area contributed by atoms with Crippen molar-refractivity contribution in [3.8, 4) is 0 Å². The Morgan fingerprint density at radius 2 is 2.04 bits per heavy atom. The van der Waals surface area contributed by atoms with E-state index in [9.17, 15) is 0 Å². The van der Waals surface area contributed by atoms with Gasteiger partial charge in [-0.25, -0.2) is 0 Å². The van der Waals surface area contributed by atoms with Gasteiger partial charge in [-0.05, 0) is 44.8 Å². The Morgan fingerprint density at radius 1 is 1.35 bits per heavy atom.